The van der Waals surface area contributed by atoms with Gasteiger partial charge in [-0.3, -0.25) is 10.00 Å². The minimum absolute atomic E-state index is 0.326. The van der Waals surface area contributed by atoms with Crippen molar-refractivity contribution in [2.75, 3.05) is 13.7 Å². The molecule has 0 spiro atoms. The lowest BCUT2D eigenvalue weighted by atomic mass is 10.1. The van der Waals surface area contributed by atoms with Crippen molar-refractivity contribution in [2.24, 2.45) is 0 Å². The van der Waals surface area contributed by atoms with Gasteiger partial charge in [0.05, 0.1) is 18.8 Å². The Morgan fingerprint density at radius 3 is 2.87 bits per heavy atom. The molecule has 1 N–H and O–H groups in total. The molecule has 4 heteroatoms. The highest BCUT2D eigenvalue weighted by Gasteiger charge is 2.15. The molecule has 0 bridgehead atoms. The standard InChI is InChI=1S/C19H23N3O/c1-4-22(14(2)16-6-5-7-18(11-16)23-3)13-15-8-9-17-12-20-21-19(17)10-15/h5-12,14H,4,13H2,1-3H3,(H,20,21). The molecule has 4 nitrogen and oxygen atoms in total. The molecule has 0 amide bonds. The van der Waals surface area contributed by atoms with Gasteiger partial charge in [-0.05, 0) is 42.8 Å². The van der Waals surface area contributed by atoms with Gasteiger partial charge < -0.3 is 4.74 Å². The molecule has 1 aromatic heterocycles. The topological polar surface area (TPSA) is 41.2 Å². The SMILES string of the molecule is CCN(Cc1ccc2cn[nH]c2c1)C(C)c1cccc(OC)c1. The molecule has 23 heavy (non-hydrogen) atoms. The third kappa shape index (κ3) is 3.37. The molecule has 3 aromatic rings. The highest BCUT2D eigenvalue weighted by molar-refractivity contribution is 5.78. The monoisotopic (exact) mass is 309 g/mol. The number of aromatic amines is 1. The predicted octanol–water partition coefficient (Wildman–Crippen LogP) is 4.15. The Bertz CT molecular complexity index is 781. The minimum Gasteiger partial charge on any atom is -0.497 e. The number of fused-ring (bicyclic) bond motifs is 1. The lowest BCUT2D eigenvalue weighted by Crippen LogP contribution is -2.26. The van der Waals surface area contributed by atoms with E-state index in [0.29, 0.717) is 6.04 Å². The van der Waals surface area contributed by atoms with E-state index in [2.05, 4.69) is 65.3 Å². The van der Waals surface area contributed by atoms with Crippen molar-refractivity contribution in [3.05, 3.63) is 59.8 Å². The summed E-state index contributed by atoms with van der Waals surface area (Å²) in [5.74, 6) is 0.907. The van der Waals surface area contributed by atoms with Crippen LogP contribution in [-0.2, 0) is 6.54 Å². The van der Waals surface area contributed by atoms with Crippen LogP contribution in [0.25, 0.3) is 10.9 Å². The summed E-state index contributed by atoms with van der Waals surface area (Å²) >= 11 is 0. The average Bonchev–Trinajstić information content (AvgIpc) is 3.06. The van der Waals surface area contributed by atoms with Crippen molar-refractivity contribution in [1.29, 1.82) is 0 Å². The third-order valence-corrected chi connectivity index (χ3v) is 4.42. The average molecular weight is 309 g/mol. The number of nitrogens with one attached hydrogen (secondary N) is 1. The molecule has 1 atom stereocenters. The maximum atomic E-state index is 5.35. The van der Waals surface area contributed by atoms with Crippen molar-refractivity contribution in [2.45, 2.75) is 26.4 Å². The van der Waals surface area contributed by atoms with Gasteiger partial charge in [0.1, 0.15) is 5.75 Å². The van der Waals surface area contributed by atoms with E-state index < -0.39 is 0 Å². The summed E-state index contributed by atoms with van der Waals surface area (Å²) < 4.78 is 5.35. The maximum Gasteiger partial charge on any atom is 0.119 e. The zero-order chi connectivity index (χ0) is 16.2. The van der Waals surface area contributed by atoms with Gasteiger partial charge in [-0.1, -0.05) is 31.2 Å². The van der Waals surface area contributed by atoms with E-state index in [4.69, 9.17) is 4.74 Å². The van der Waals surface area contributed by atoms with Gasteiger partial charge in [-0.15, -0.1) is 0 Å². The Labute approximate surface area is 137 Å². The van der Waals surface area contributed by atoms with Crippen LogP contribution >= 0.6 is 0 Å². The normalized spacial score (nSPS) is 12.7. The summed E-state index contributed by atoms with van der Waals surface area (Å²) in [6, 6.07) is 15.1. The largest absolute Gasteiger partial charge is 0.497 e. The van der Waals surface area contributed by atoms with E-state index in [0.717, 1.165) is 29.7 Å². The Kier molecular flexibility index (Phi) is 4.63. The van der Waals surface area contributed by atoms with E-state index >= 15 is 0 Å². The van der Waals surface area contributed by atoms with Crippen LogP contribution in [0, 0.1) is 0 Å². The Morgan fingerprint density at radius 1 is 1.22 bits per heavy atom. The first-order chi connectivity index (χ1) is 11.2. The van der Waals surface area contributed by atoms with Crippen molar-refractivity contribution in [1.82, 2.24) is 15.1 Å². The smallest absolute Gasteiger partial charge is 0.119 e. The van der Waals surface area contributed by atoms with Crippen LogP contribution in [0.5, 0.6) is 5.75 Å². The number of benzene rings is 2. The first kappa shape index (κ1) is 15.6. The Balaban J connectivity index is 1.80. The summed E-state index contributed by atoms with van der Waals surface area (Å²) in [7, 11) is 1.71. The van der Waals surface area contributed by atoms with Crippen LogP contribution in [0.1, 0.15) is 31.0 Å². The van der Waals surface area contributed by atoms with Gasteiger partial charge in [0.2, 0.25) is 0 Å². The van der Waals surface area contributed by atoms with Gasteiger partial charge in [-0.25, -0.2) is 0 Å². The van der Waals surface area contributed by atoms with Crippen LogP contribution < -0.4 is 4.74 Å². The summed E-state index contributed by atoms with van der Waals surface area (Å²) in [6.07, 6.45) is 1.86. The van der Waals surface area contributed by atoms with Crippen LogP contribution in [-0.4, -0.2) is 28.8 Å². The second-order valence-electron chi connectivity index (χ2n) is 5.81. The number of hydrogen-bond acceptors (Lipinski definition) is 3. The van der Waals surface area contributed by atoms with Gasteiger partial charge >= 0.3 is 0 Å². The molecule has 0 aliphatic rings. The molecule has 0 aliphatic heterocycles. The molecule has 2 aromatic carbocycles. The number of methoxy groups -OCH3 is 1. The first-order valence-corrected chi connectivity index (χ1v) is 8.01. The number of rotatable bonds is 6. The van der Waals surface area contributed by atoms with Crippen LogP contribution in [0.3, 0.4) is 0 Å². The first-order valence-electron chi connectivity index (χ1n) is 8.01. The fraction of sp³-hybridized carbons (Fsp3) is 0.316. The van der Waals surface area contributed by atoms with E-state index in [1.54, 1.807) is 7.11 Å². The predicted molar refractivity (Wildman–Crippen MR) is 93.6 cm³/mol. The van der Waals surface area contributed by atoms with Crippen LogP contribution in [0.15, 0.2) is 48.7 Å². The van der Waals surface area contributed by atoms with Gasteiger partial charge in [0.15, 0.2) is 0 Å². The van der Waals surface area contributed by atoms with Crippen molar-refractivity contribution in [3.63, 3.8) is 0 Å². The second kappa shape index (κ2) is 6.84. The summed E-state index contributed by atoms with van der Waals surface area (Å²) in [6.45, 7) is 6.33. The highest BCUT2D eigenvalue weighted by Crippen LogP contribution is 2.25. The van der Waals surface area contributed by atoms with Crippen molar-refractivity contribution in [3.8, 4) is 5.75 Å². The molecule has 120 valence electrons. The van der Waals surface area contributed by atoms with E-state index in [-0.39, 0.29) is 0 Å². The van der Waals surface area contributed by atoms with Crippen molar-refractivity contribution >= 4 is 10.9 Å². The zero-order valence-corrected chi connectivity index (χ0v) is 13.9. The maximum absolute atomic E-state index is 5.35. The van der Waals surface area contributed by atoms with E-state index in [9.17, 15) is 0 Å². The lowest BCUT2D eigenvalue weighted by Gasteiger charge is -2.28. The number of ether oxygens (including phenoxy) is 1. The number of nitrogens with zero attached hydrogens (tertiary/aromatic N) is 2. The fourth-order valence-corrected chi connectivity index (χ4v) is 2.95. The molecule has 0 saturated carbocycles. The third-order valence-electron chi connectivity index (χ3n) is 4.42. The Morgan fingerprint density at radius 2 is 2.09 bits per heavy atom. The Hall–Kier alpha value is -2.33. The molecule has 0 fully saturated rings. The molecule has 0 radical (unpaired) electrons. The molecule has 1 unspecified atom stereocenters. The van der Waals surface area contributed by atoms with Crippen molar-refractivity contribution < 1.29 is 4.74 Å². The molecule has 0 aliphatic carbocycles. The summed E-state index contributed by atoms with van der Waals surface area (Å²) in [5.41, 5.74) is 3.65. The minimum atomic E-state index is 0.326. The number of hydrogen-bond donors (Lipinski definition) is 1. The highest BCUT2D eigenvalue weighted by atomic mass is 16.5. The van der Waals surface area contributed by atoms with Crippen LogP contribution in [0.4, 0.5) is 0 Å². The van der Waals surface area contributed by atoms with E-state index in [1.807, 2.05) is 12.3 Å². The fourth-order valence-electron chi connectivity index (χ4n) is 2.95. The second-order valence-corrected chi connectivity index (χ2v) is 5.81. The quantitative estimate of drug-likeness (QED) is 0.743. The molecule has 0 saturated heterocycles. The molecule has 1 heterocycles. The summed E-state index contributed by atoms with van der Waals surface area (Å²) in [4.78, 5) is 2.45. The van der Waals surface area contributed by atoms with E-state index in [1.165, 1.54) is 11.1 Å². The number of H-pyrrole nitrogens is 1. The summed E-state index contributed by atoms with van der Waals surface area (Å²) in [5, 5.41) is 8.28. The molecular weight excluding hydrogens is 286 g/mol. The molecular formula is C19H23N3O. The van der Waals surface area contributed by atoms with Gasteiger partial charge in [0, 0.05) is 18.0 Å². The number of aromatic nitrogens is 2. The van der Waals surface area contributed by atoms with Crippen LogP contribution in [0.2, 0.25) is 0 Å². The van der Waals surface area contributed by atoms with Gasteiger partial charge in [0.25, 0.3) is 0 Å². The lowest BCUT2D eigenvalue weighted by molar-refractivity contribution is 0.212. The zero-order valence-electron chi connectivity index (χ0n) is 13.9. The molecule has 3 rings (SSSR count). The van der Waals surface area contributed by atoms with Gasteiger partial charge in [-0.2, -0.15) is 5.10 Å².